The van der Waals surface area contributed by atoms with Crippen LogP contribution in [0.3, 0.4) is 0 Å². The fourth-order valence-electron chi connectivity index (χ4n) is 2.60. The van der Waals surface area contributed by atoms with E-state index in [-0.39, 0.29) is 0 Å². The third-order valence-corrected chi connectivity index (χ3v) is 4.77. The van der Waals surface area contributed by atoms with E-state index in [1.165, 1.54) is 16.0 Å². The first-order valence-corrected chi connectivity index (χ1v) is 17.6. The first kappa shape index (κ1) is 46.0. The number of furan rings is 1. The molecule has 45 heavy (non-hydrogen) atoms. The lowest BCUT2D eigenvalue weighted by Crippen LogP contribution is -1.74. The monoisotopic (exact) mass is 635 g/mol. The number of rotatable bonds is 0. The Morgan fingerprint density at radius 1 is 0.578 bits per heavy atom. The molecular weight excluding hydrogens is 571 g/mol. The van der Waals surface area contributed by atoms with Gasteiger partial charge >= 0.3 is 0 Å². The Kier molecular flexibility index (Phi) is 32.7. The van der Waals surface area contributed by atoms with Crippen LogP contribution in [-0.2, 0) is 0 Å². The van der Waals surface area contributed by atoms with E-state index in [4.69, 9.17) is 4.42 Å². The molecule has 1 N–H and O–H groups in total. The van der Waals surface area contributed by atoms with Gasteiger partial charge in [-0.15, -0.1) is 11.3 Å². The van der Waals surface area contributed by atoms with E-state index in [1.54, 1.807) is 23.8 Å². The number of pyridine rings is 3. The summed E-state index contributed by atoms with van der Waals surface area (Å²) in [5.41, 5.74) is 5.34. The number of thiophene rings is 1. The van der Waals surface area contributed by atoms with Crippen LogP contribution in [0.25, 0.3) is 32.6 Å². The minimum Gasteiger partial charge on any atom is -0.463 e. The molecule has 0 fully saturated rings. The standard InChI is InChI=1S/C8H7N.C7H5NO.C7H5NS.3C4H10.3C2H6/c1-3-7-4-2-6-9-8(7)5-1;2*1-2-7-6(8-4-1)3-5-9-7;3*1-4(2)3;3*1-2/h1-6,9H;2*1-5H;3*4H,1-3H3;3*1-2H3. The zero-order valence-corrected chi connectivity index (χ0v) is 32.0. The highest BCUT2D eigenvalue weighted by Gasteiger charge is 1.96. The van der Waals surface area contributed by atoms with Gasteiger partial charge in [-0.1, -0.05) is 122 Å². The number of hydrogen-bond donors (Lipinski definition) is 1. The number of H-pyrrole nitrogens is 1. The molecule has 4 nitrogen and oxygen atoms in total. The quantitative estimate of drug-likeness (QED) is 0.181. The maximum absolute atomic E-state index is 5.06. The van der Waals surface area contributed by atoms with Gasteiger partial charge in [0, 0.05) is 30.4 Å². The Hall–Kier alpha value is -3.44. The van der Waals surface area contributed by atoms with Gasteiger partial charge in [0.15, 0.2) is 5.58 Å². The summed E-state index contributed by atoms with van der Waals surface area (Å²) in [7, 11) is 0. The van der Waals surface area contributed by atoms with Crippen molar-refractivity contribution in [3.05, 3.63) is 97.0 Å². The summed E-state index contributed by atoms with van der Waals surface area (Å²) < 4.78 is 6.32. The Labute approximate surface area is 281 Å². The van der Waals surface area contributed by atoms with Crippen LogP contribution in [0.4, 0.5) is 0 Å². The molecule has 0 amide bonds. The van der Waals surface area contributed by atoms with Crippen molar-refractivity contribution in [2.75, 3.05) is 0 Å². The maximum atomic E-state index is 5.06. The molecule has 1 aliphatic carbocycles. The summed E-state index contributed by atoms with van der Waals surface area (Å²) in [6.07, 6.45) is 7.13. The molecule has 0 aromatic carbocycles. The second-order valence-corrected chi connectivity index (χ2v) is 11.8. The SMILES string of the molecule is CC.CC.CC.CC(C)C.CC(C)C.CC(C)C.c1c[nH]c2cccc-2c1.c1cnc2ccoc2c1.c1cnc2ccsc2c1. The second-order valence-electron chi connectivity index (χ2n) is 10.9. The highest BCUT2D eigenvalue weighted by Crippen LogP contribution is 2.18. The molecule has 5 heterocycles. The van der Waals surface area contributed by atoms with Crippen molar-refractivity contribution >= 4 is 32.7 Å². The minimum atomic E-state index is 0.833. The number of nitrogens with one attached hydrogen (secondary N) is 1. The Bertz CT molecular complexity index is 1170. The number of aromatic nitrogens is 3. The first-order valence-electron chi connectivity index (χ1n) is 16.7. The molecule has 0 saturated heterocycles. The summed E-state index contributed by atoms with van der Waals surface area (Å²) in [5, 5.41) is 2.05. The van der Waals surface area contributed by atoms with Crippen LogP contribution in [0.1, 0.15) is 104 Å². The van der Waals surface area contributed by atoms with Crippen molar-refractivity contribution in [1.29, 1.82) is 0 Å². The van der Waals surface area contributed by atoms with Crippen LogP contribution in [0.5, 0.6) is 0 Å². The Morgan fingerprint density at radius 2 is 1.09 bits per heavy atom. The molecule has 0 unspecified atom stereocenters. The largest absolute Gasteiger partial charge is 0.463 e. The highest BCUT2D eigenvalue weighted by molar-refractivity contribution is 7.17. The van der Waals surface area contributed by atoms with Gasteiger partial charge in [0.25, 0.3) is 0 Å². The van der Waals surface area contributed by atoms with Crippen molar-refractivity contribution in [3.63, 3.8) is 0 Å². The van der Waals surface area contributed by atoms with E-state index in [9.17, 15) is 0 Å². The lowest BCUT2D eigenvalue weighted by Gasteiger charge is -1.93. The molecule has 6 rings (SSSR count). The molecule has 0 atom stereocenters. The van der Waals surface area contributed by atoms with Crippen molar-refractivity contribution in [2.45, 2.75) is 104 Å². The molecule has 5 heteroatoms. The lowest BCUT2D eigenvalue weighted by molar-refractivity contribution is 0.615. The average Bonchev–Trinajstić information content (AvgIpc) is 3.81. The molecule has 2 aliphatic rings. The van der Waals surface area contributed by atoms with Gasteiger partial charge in [-0.25, -0.2) is 0 Å². The molecule has 0 saturated carbocycles. The van der Waals surface area contributed by atoms with Gasteiger partial charge in [-0.2, -0.15) is 0 Å². The van der Waals surface area contributed by atoms with Crippen molar-refractivity contribution in [1.82, 2.24) is 15.0 Å². The predicted molar refractivity (Wildman–Crippen MR) is 207 cm³/mol. The van der Waals surface area contributed by atoms with Gasteiger partial charge in [0.1, 0.15) is 5.52 Å². The third-order valence-electron chi connectivity index (χ3n) is 3.90. The second kappa shape index (κ2) is 32.0. The first-order chi connectivity index (χ1) is 21.6. The Morgan fingerprint density at radius 3 is 1.60 bits per heavy atom. The molecule has 252 valence electrons. The van der Waals surface area contributed by atoms with E-state index in [2.05, 4.69) is 107 Å². The summed E-state index contributed by atoms with van der Waals surface area (Å²) >= 11 is 1.72. The zero-order valence-electron chi connectivity index (χ0n) is 31.2. The van der Waals surface area contributed by atoms with E-state index in [0.29, 0.717) is 0 Å². The van der Waals surface area contributed by atoms with Gasteiger partial charge in [-0.3, -0.25) is 9.97 Å². The van der Waals surface area contributed by atoms with Crippen molar-refractivity contribution in [3.8, 4) is 11.3 Å². The number of aromatic amines is 1. The normalized spacial score (nSPS) is 8.93. The van der Waals surface area contributed by atoms with Crippen LogP contribution >= 0.6 is 11.3 Å². The van der Waals surface area contributed by atoms with Crippen LogP contribution in [0.2, 0.25) is 0 Å². The molecule has 4 aromatic rings. The highest BCUT2D eigenvalue weighted by atomic mass is 32.1. The van der Waals surface area contributed by atoms with E-state index in [0.717, 1.165) is 34.4 Å². The number of fused-ring (bicyclic) bond motifs is 3. The predicted octanol–water partition coefficient (Wildman–Crippen LogP) is 14.3. The van der Waals surface area contributed by atoms with Gasteiger partial charge in [0.2, 0.25) is 0 Å². The topological polar surface area (TPSA) is 54.7 Å². The van der Waals surface area contributed by atoms with Crippen LogP contribution in [-0.4, -0.2) is 15.0 Å². The van der Waals surface area contributed by atoms with Crippen LogP contribution in [0.15, 0.2) is 101 Å². The molecular formula is C40H65N3OS. The van der Waals surface area contributed by atoms with E-state index >= 15 is 0 Å². The molecule has 0 spiro atoms. The smallest absolute Gasteiger partial charge is 0.152 e. The number of hydrogen-bond acceptors (Lipinski definition) is 4. The van der Waals surface area contributed by atoms with Gasteiger partial charge in [-0.05, 0) is 71.2 Å². The van der Waals surface area contributed by atoms with E-state index < -0.39 is 0 Å². The van der Waals surface area contributed by atoms with Crippen LogP contribution in [0, 0.1) is 17.8 Å². The fraction of sp³-hybridized carbons (Fsp3) is 0.450. The van der Waals surface area contributed by atoms with E-state index in [1.807, 2.05) is 96.4 Å². The summed E-state index contributed by atoms with van der Waals surface area (Å²) in [6, 6.07) is 21.9. The molecule has 0 bridgehead atoms. The molecule has 1 aliphatic heterocycles. The number of nitrogens with zero attached hydrogens (tertiary/aromatic N) is 2. The summed E-state index contributed by atoms with van der Waals surface area (Å²) in [6.45, 7) is 31.5. The molecule has 4 aromatic heterocycles. The third kappa shape index (κ3) is 26.7. The summed E-state index contributed by atoms with van der Waals surface area (Å²) in [5.74, 6) is 2.50. The minimum absolute atomic E-state index is 0.833. The summed E-state index contributed by atoms with van der Waals surface area (Å²) in [4.78, 5) is 11.3. The maximum Gasteiger partial charge on any atom is 0.152 e. The van der Waals surface area contributed by atoms with Crippen LogP contribution < -0.4 is 0 Å². The average molecular weight is 636 g/mol. The molecule has 0 radical (unpaired) electrons. The van der Waals surface area contributed by atoms with Gasteiger partial charge in [0.05, 0.1) is 16.5 Å². The lowest BCUT2D eigenvalue weighted by atomic mass is 10.2. The Balaban J connectivity index is -0.000000471. The van der Waals surface area contributed by atoms with Crippen molar-refractivity contribution in [2.24, 2.45) is 17.8 Å². The fourth-order valence-corrected chi connectivity index (χ4v) is 3.34. The van der Waals surface area contributed by atoms with Crippen molar-refractivity contribution < 1.29 is 4.42 Å². The van der Waals surface area contributed by atoms with Gasteiger partial charge < -0.3 is 9.40 Å². The zero-order chi connectivity index (χ0) is 35.0.